The second kappa shape index (κ2) is 4.97. The molecular weight excluding hydrogens is 245 g/mol. The Morgan fingerprint density at radius 2 is 1.95 bits per heavy atom. The first kappa shape index (κ1) is 12.9. The van der Waals surface area contributed by atoms with Crippen molar-refractivity contribution < 1.29 is 9.18 Å². The minimum absolute atomic E-state index is 0.311. The number of anilines is 3. The Balaban J connectivity index is 2.34. The van der Waals surface area contributed by atoms with Crippen LogP contribution in [-0.4, -0.2) is 5.91 Å². The molecule has 98 valence electrons. The van der Waals surface area contributed by atoms with Gasteiger partial charge in [-0.05, 0) is 42.8 Å². The van der Waals surface area contributed by atoms with Crippen LogP contribution in [0.25, 0.3) is 0 Å². The van der Waals surface area contributed by atoms with Crippen molar-refractivity contribution in [1.82, 2.24) is 0 Å². The molecule has 0 bridgehead atoms. The number of aryl methyl sites for hydroxylation is 1. The molecule has 2 aromatic rings. The van der Waals surface area contributed by atoms with E-state index in [2.05, 4.69) is 5.32 Å². The van der Waals surface area contributed by atoms with Gasteiger partial charge in [-0.2, -0.15) is 0 Å². The summed E-state index contributed by atoms with van der Waals surface area (Å²) in [4.78, 5) is 11.1. The Bertz CT molecular complexity index is 641. The fourth-order valence-electron chi connectivity index (χ4n) is 1.64. The number of nitrogens with one attached hydrogen (secondary N) is 1. The standard InChI is InChI=1S/C14H14FN3O/c1-8-2-4-10(7-11(8)15)18-13-6-9(14(17)19)3-5-12(13)16/h2-7,18H,16H2,1H3,(H2,17,19). The lowest BCUT2D eigenvalue weighted by molar-refractivity contribution is 0.100. The molecule has 5 heteroatoms. The maximum atomic E-state index is 13.4. The molecule has 0 saturated carbocycles. The summed E-state index contributed by atoms with van der Waals surface area (Å²) in [5, 5.41) is 2.96. The summed E-state index contributed by atoms with van der Waals surface area (Å²) in [5.74, 6) is -0.854. The lowest BCUT2D eigenvalue weighted by atomic mass is 10.1. The number of carbonyl (C=O) groups excluding carboxylic acids is 1. The zero-order chi connectivity index (χ0) is 14.0. The van der Waals surface area contributed by atoms with Crippen molar-refractivity contribution in [2.45, 2.75) is 6.92 Å². The highest BCUT2D eigenvalue weighted by molar-refractivity contribution is 5.95. The van der Waals surface area contributed by atoms with Gasteiger partial charge in [0.25, 0.3) is 0 Å². The van der Waals surface area contributed by atoms with E-state index in [0.717, 1.165) is 0 Å². The van der Waals surface area contributed by atoms with Crippen LogP contribution in [0.2, 0.25) is 0 Å². The minimum atomic E-state index is -0.543. The van der Waals surface area contributed by atoms with Gasteiger partial charge in [0.15, 0.2) is 0 Å². The van der Waals surface area contributed by atoms with Crippen LogP contribution in [0.4, 0.5) is 21.5 Å². The molecule has 0 aliphatic carbocycles. The Morgan fingerprint density at radius 1 is 1.21 bits per heavy atom. The van der Waals surface area contributed by atoms with Crippen LogP contribution in [0.15, 0.2) is 36.4 Å². The predicted molar refractivity (Wildman–Crippen MR) is 73.8 cm³/mol. The van der Waals surface area contributed by atoms with Crippen LogP contribution in [0, 0.1) is 12.7 Å². The van der Waals surface area contributed by atoms with Gasteiger partial charge < -0.3 is 16.8 Å². The zero-order valence-corrected chi connectivity index (χ0v) is 10.4. The second-order valence-corrected chi connectivity index (χ2v) is 4.26. The summed E-state index contributed by atoms with van der Waals surface area (Å²) in [6.45, 7) is 1.68. The average molecular weight is 259 g/mol. The van der Waals surface area contributed by atoms with Gasteiger partial charge in [-0.15, -0.1) is 0 Å². The van der Waals surface area contributed by atoms with Crippen molar-refractivity contribution in [3.63, 3.8) is 0 Å². The zero-order valence-electron chi connectivity index (χ0n) is 10.4. The van der Waals surface area contributed by atoms with Gasteiger partial charge in [0.2, 0.25) is 5.91 Å². The maximum absolute atomic E-state index is 13.4. The number of carbonyl (C=O) groups is 1. The Hall–Kier alpha value is -2.56. The van der Waals surface area contributed by atoms with E-state index in [0.29, 0.717) is 28.2 Å². The van der Waals surface area contributed by atoms with Crippen LogP contribution in [0.3, 0.4) is 0 Å². The van der Waals surface area contributed by atoms with E-state index in [1.165, 1.54) is 12.1 Å². The molecule has 2 aromatic carbocycles. The first-order valence-electron chi connectivity index (χ1n) is 5.70. The molecule has 1 amide bonds. The summed E-state index contributed by atoms with van der Waals surface area (Å²) >= 11 is 0. The van der Waals surface area contributed by atoms with Gasteiger partial charge in [-0.1, -0.05) is 6.07 Å². The van der Waals surface area contributed by atoms with Gasteiger partial charge >= 0.3 is 0 Å². The summed E-state index contributed by atoms with van der Waals surface area (Å²) in [5.41, 5.74) is 13.4. The number of nitrogens with two attached hydrogens (primary N) is 2. The van der Waals surface area contributed by atoms with E-state index >= 15 is 0 Å². The predicted octanol–water partition coefficient (Wildman–Crippen LogP) is 2.56. The molecule has 0 unspecified atom stereocenters. The molecule has 0 aromatic heterocycles. The van der Waals surface area contributed by atoms with Gasteiger partial charge in [0.05, 0.1) is 11.4 Å². The van der Waals surface area contributed by atoms with Crippen LogP contribution in [-0.2, 0) is 0 Å². The third-order valence-electron chi connectivity index (χ3n) is 2.79. The Labute approximate surface area is 110 Å². The molecule has 0 heterocycles. The largest absolute Gasteiger partial charge is 0.397 e. The van der Waals surface area contributed by atoms with Gasteiger partial charge in [0.1, 0.15) is 5.82 Å². The molecule has 0 aliphatic heterocycles. The third kappa shape index (κ3) is 2.82. The number of primary amides is 1. The Kier molecular flexibility index (Phi) is 3.37. The maximum Gasteiger partial charge on any atom is 0.248 e. The van der Waals surface area contributed by atoms with Crippen molar-refractivity contribution in [1.29, 1.82) is 0 Å². The van der Waals surface area contributed by atoms with Gasteiger partial charge in [-0.25, -0.2) is 4.39 Å². The SMILES string of the molecule is Cc1ccc(Nc2cc(C(N)=O)ccc2N)cc1F. The molecule has 0 atom stereocenters. The summed E-state index contributed by atoms with van der Waals surface area (Å²) < 4.78 is 13.4. The molecule has 0 saturated heterocycles. The second-order valence-electron chi connectivity index (χ2n) is 4.26. The molecular formula is C14H14FN3O. The van der Waals surface area contributed by atoms with Crippen LogP contribution >= 0.6 is 0 Å². The van der Waals surface area contributed by atoms with Crippen LogP contribution < -0.4 is 16.8 Å². The first-order valence-corrected chi connectivity index (χ1v) is 5.70. The number of benzene rings is 2. The molecule has 2 rings (SSSR count). The van der Waals surface area contributed by atoms with Crippen molar-refractivity contribution in [3.05, 3.63) is 53.3 Å². The van der Waals surface area contributed by atoms with Crippen molar-refractivity contribution in [3.8, 4) is 0 Å². The van der Waals surface area contributed by atoms with Gasteiger partial charge in [0, 0.05) is 11.3 Å². The highest BCUT2D eigenvalue weighted by atomic mass is 19.1. The minimum Gasteiger partial charge on any atom is -0.397 e. The molecule has 0 spiro atoms. The lowest BCUT2D eigenvalue weighted by Gasteiger charge is -2.11. The summed E-state index contributed by atoms with van der Waals surface area (Å²) in [6, 6.07) is 9.41. The van der Waals surface area contributed by atoms with Crippen LogP contribution in [0.5, 0.6) is 0 Å². The highest BCUT2D eigenvalue weighted by Crippen LogP contribution is 2.25. The van der Waals surface area contributed by atoms with E-state index in [-0.39, 0.29) is 5.82 Å². The number of rotatable bonds is 3. The number of nitrogen functional groups attached to an aromatic ring is 1. The molecule has 0 fully saturated rings. The topological polar surface area (TPSA) is 81.1 Å². The fourth-order valence-corrected chi connectivity index (χ4v) is 1.64. The molecule has 0 radical (unpaired) electrons. The van der Waals surface area contributed by atoms with Gasteiger partial charge in [-0.3, -0.25) is 4.79 Å². The average Bonchev–Trinajstić information content (AvgIpc) is 2.36. The number of hydrogen-bond acceptors (Lipinski definition) is 3. The van der Waals surface area contributed by atoms with Crippen molar-refractivity contribution in [2.75, 3.05) is 11.1 Å². The van der Waals surface area contributed by atoms with E-state index in [9.17, 15) is 9.18 Å². The smallest absolute Gasteiger partial charge is 0.248 e. The number of hydrogen-bond donors (Lipinski definition) is 3. The third-order valence-corrected chi connectivity index (χ3v) is 2.79. The van der Waals surface area contributed by atoms with Crippen molar-refractivity contribution >= 4 is 23.0 Å². The Morgan fingerprint density at radius 3 is 2.58 bits per heavy atom. The fraction of sp³-hybridized carbons (Fsp3) is 0.0714. The van der Waals surface area contributed by atoms with Crippen LogP contribution in [0.1, 0.15) is 15.9 Å². The monoisotopic (exact) mass is 259 g/mol. The van der Waals surface area contributed by atoms with E-state index < -0.39 is 5.91 Å². The number of amides is 1. The van der Waals surface area contributed by atoms with Crippen molar-refractivity contribution in [2.24, 2.45) is 5.73 Å². The van der Waals surface area contributed by atoms with E-state index in [4.69, 9.17) is 11.5 Å². The summed E-state index contributed by atoms with van der Waals surface area (Å²) in [7, 11) is 0. The highest BCUT2D eigenvalue weighted by Gasteiger charge is 2.06. The normalized spacial score (nSPS) is 10.2. The quantitative estimate of drug-likeness (QED) is 0.741. The van der Waals surface area contributed by atoms with E-state index in [1.54, 1.807) is 31.2 Å². The lowest BCUT2D eigenvalue weighted by Crippen LogP contribution is -2.11. The molecule has 4 nitrogen and oxygen atoms in total. The molecule has 0 aliphatic rings. The molecule has 5 N–H and O–H groups in total. The summed E-state index contributed by atoms with van der Waals surface area (Å²) in [6.07, 6.45) is 0. The molecule has 19 heavy (non-hydrogen) atoms. The van der Waals surface area contributed by atoms with E-state index in [1.807, 2.05) is 0 Å². The first-order chi connectivity index (χ1) is 8.97. The number of halogens is 1.